The van der Waals surface area contributed by atoms with Gasteiger partial charge in [-0.15, -0.1) is 0 Å². The zero-order valence-electron chi connectivity index (χ0n) is 10.7. The molecule has 0 saturated carbocycles. The summed E-state index contributed by atoms with van der Waals surface area (Å²) in [5.41, 5.74) is 0.191. The molecule has 0 saturated heterocycles. The average Bonchev–Trinajstić information content (AvgIpc) is 2.36. The number of rotatable bonds is 8. The highest BCUT2D eigenvalue weighted by Gasteiger charge is 2.15. The Labute approximate surface area is 101 Å². The van der Waals surface area contributed by atoms with Gasteiger partial charge in [0.1, 0.15) is 0 Å². The van der Waals surface area contributed by atoms with Crippen LogP contribution in [0.25, 0.3) is 0 Å². The third-order valence-corrected chi connectivity index (χ3v) is 2.85. The topological polar surface area (TPSA) is 58.6 Å². The van der Waals surface area contributed by atoms with Crippen molar-refractivity contribution in [1.82, 2.24) is 4.90 Å². The van der Waals surface area contributed by atoms with Crippen molar-refractivity contribution in [2.45, 2.75) is 13.8 Å². The second-order valence-corrected chi connectivity index (χ2v) is 4.09. The second-order valence-electron chi connectivity index (χ2n) is 4.09. The number of ether oxygens (including phenoxy) is 1. The monoisotopic (exact) mass is 240 g/mol. The standard InChI is InChI=1S/C12H20N2O3/c1-4-14(3)6-8-17-7-5-13-10-9(2)11(15)12(10)16/h13H,4-8H2,1-3H3. The number of nitrogens with zero attached hydrogens (tertiary/aromatic N) is 1. The number of nitrogens with one attached hydrogen (secondary N) is 1. The lowest BCUT2D eigenvalue weighted by Crippen LogP contribution is -2.37. The Morgan fingerprint density at radius 3 is 2.53 bits per heavy atom. The van der Waals surface area contributed by atoms with Crippen molar-refractivity contribution in [3.8, 4) is 0 Å². The van der Waals surface area contributed by atoms with E-state index in [1.54, 1.807) is 6.92 Å². The van der Waals surface area contributed by atoms with Crippen LogP contribution in [-0.2, 0) is 4.74 Å². The van der Waals surface area contributed by atoms with Gasteiger partial charge in [-0.05, 0) is 20.5 Å². The van der Waals surface area contributed by atoms with E-state index in [2.05, 4.69) is 17.1 Å². The smallest absolute Gasteiger partial charge is 0.249 e. The number of likely N-dealkylation sites (N-methyl/N-ethyl adjacent to an activating group) is 1. The molecular formula is C12H20N2O3. The third-order valence-electron chi connectivity index (χ3n) is 2.85. The van der Waals surface area contributed by atoms with Crippen LogP contribution in [0, 0.1) is 6.92 Å². The number of anilines is 1. The van der Waals surface area contributed by atoms with Gasteiger partial charge in [0.25, 0.3) is 0 Å². The van der Waals surface area contributed by atoms with Crippen LogP contribution in [0.15, 0.2) is 9.59 Å². The summed E-state index contributed by atoms with van der Waals surface area (Å²) in [5.74, 6) is 0. The lowest BCUT2D eigenvalue weighted by Gasteiger charge is -2.14. The molecule has 0 amide bonds. The predicted molar refractivity (Wildman–Crippen MR) is 68.6 cm³/mol. The van der Waals surface area contributed by atoms with Crippen molar-refractivity contribution in [3.05, 3.63) is 26.0 Å². The zero-order valence-corrected chi connectivity index (χ0v) is 10.7. The van der Waals surface area contributed by atoms with Gasteiger partial charge < -0.3 is 15.0 Å². The highest BCUT2D eigenvalue weighted by atomic mass is 16.5. The molecule has 96 valence electrons. The Balaban J connectivity index is 2.10. The quantitative estimate of drug-likeness (QED) is 0.511. The Morgan fingerprint density at radius 1 is 1.24 bits per heavy atom. The maximum atomic E-state index is 11.1. The molecule has 0 radical (unpaired) electrons. The first-order chi connectivity index (χ1) is 8.07. The molecule has 1 aromatic rings. The lowest BCUT2D eigenvalue weighted by atomic mass is 10.1. The highest BCUT2D eigenvalue weighted by molar-refractivity contribution is 5.55. The molecule has 0 aromatic heterocycles. The molecule has 0 atom stereocenters. The van der Waals surface area contributed by atoms with E-state index in [1.807, 2.05) is 7.05 Å². The van der Waals surface area contributed by atoms with E-state index in [-0.39, 0.29) is 5.43 Å². The first kappa shape index (κ1) is 13.9. The van der Waals surface area contributed by atoms with Crippen molar-refractivity contribution >= 4 is 5.69 Å². The Morgan fingerprint density at radius 2 is 1.94 bits per heavy atom. The fourth-order valence-corrected chi connectivity index (χ4v) is 1.45. The largest absolute Gasteiger partial charge is 0.379 e. The summed E-state index contributed by atoms with van der Waals surface area (Å²) in [5, 5.41) is 2.92. The summed E-state index contributed by atoms with van der Waals surface area (Å²) >= 11 is 0. The van der Waals surface area contributed by atoms with Gasteiger partial charge in [0.2, 0.25) is 10.9 Å². The predicted octanol–water partition coefficient (Wildman–Crippen LogP) is -0.0288. The molecule has 0 bridgehead atoms. The van der Waals surface area contributed by atoms with E-state index in [0.29, 0.717) is 31.0 Å². The highest BCUT2D eigenvalue weighted by Crippen LogP contribution is 2.03. The molecule has 0 spiro atoms. The van der Waals surface area contributed by atoms with Gasteiger partial charge in [-0.3, -0.25) is 9.59 Å². The van der Waals surface area contributed by atoms with E-state index in [9.17, 15) is 9.59 Å². The normalized spacial score (nSPS) is 11.3. The average molecular weight is 240 g/mol. The van der Waals surface area contributed by atoms with Gasteiger partial charge in [0, 0.05) is 18.7 Å². The van der Waals surface area contributed by atoms with Gasteiger partial charge in [-0.2, -0.15) is 0 Å². The molecule has 0 unspecified atom stereocenters. The van der Waals surface area contributed by atoms with Crippen LogP contribution in [0.3, 0.4) is 0 Å². The van der Waals surface area contributed by atoms with Crippen LogP contribution in [0.1, 0.15) is 12.5 Å². The fourth-order valence-electron chi connectivity index (χ4n) is 1.45. The maximum Gasteiger partial charge on any atom is 0.249 e. The van der Waals surface area contributed by atoms with Crippen LogP contribution < -0.4 is 16.2 Å². The van der Waals surface area contributed by atoms with Crippen molar-refractivity contribution in [3.63, 3.8) is 0 Å². The van der Waals surface area contributed by atoms with Crippen molar-refractivity contribution in [2.24, 2.45) is 0 Å². The van der Waals surface area contributed by atoms with Crippen LogP contribution in [0.2, 0.25) is 0 Å². The minimum absolute atomic E-state index is 0.377. The van der Waals surface area contributed by atoms with E-state index in [4.69, 9.17) is 4.74 Å². The fraction of sp³-hybridized carbons (Fsp3) is 0.667. The molecule has 0 aliphatic heterocycles. The van der Waals surface area contributed by atoms with Gasteiger partial charge in [-0.25, -0.2) is 0 Å². The summed E-state index contributed by atoms with van der Waals surface area (Å²) in [7, 11) is 2.04. The molecule has 1 aromatic carbocycles. The summed E-state index contributed by atoms with van der Waals surface area (Å²) < 4.78 is 5.40. The molecule has 1 N–H and O–H groups in total. The number of hydrogen-bond acceptors (Lipinski definition) is 5. The maximum absolute atomic E-state index is 11.1. The van der Waals surface area contributed by atoms with Gasteiger partial charge in [0.05, 0.1) is 18.9 Å². The molecule has 17 heavy (non-hydrogen) atoms. The molecule has 0 heterocycles. The molecule has 0 fully saturated rings. The van der Waals surface area contributed by atoms with Gasteiger partial charge >= 0.3 is 0 Å². The van der Waals surface area contributed by atoms with E-state index < -0.39 is 5.43 Å². The second kappa shape index (κ2) is 6.51. The zero-order chi connectivity index (χ0) is 12.8. The summed E-state index contributed by atoms with van der Waals surface area (Å²) in [6.45, 7) is 7.42. The van der Waals surface area contributed by atoms with Crippen LogP contribution in [0.4, 0.5) is 5.69 Å². The number of hydrogen-bond donors (Lipinski definition) is 1. The summed E-state index contributed by atoms with van der Waals surface area (Å²) in [6.07, 6.45) is 0. The van der Waals surface area contributed by atoms with Gasteiger partial charge in [0.15, 0.2) is 0 Å². The Kier molecular flexibility index (Phi) is 5.31. The molecule has 5 nitrogen and oxygen atoms in total. The minimum Gasteiger partial charge on any atom is -0.379 e. The first-order valence-electron chi connectivity index (χ1n) is 5.88. The summed E-state index contributed by atoms with van der Waals surface area (Å²) in [4.78, 5) is 24.2. The van der Waals surface area contributed by atoms with Crippen molar-refractivity contribution in [1.29, 1.82) is 0 Å². The molecule has 0 aliphatic carbocycles. The summed E-state index contributed by atoms with van der Waals surface area (Å²) in [6, 6.07) is 0. The van der Waals surface area contributed by atoms with E-state index >= 15 is 0 Å². The third kappa shape index (κ3) is 3.64. The minimum atomic E-state index is -0.409. The van der Waals surface area contributed by atoms with E-state index in [1.165, 1.54) is 0 Å². The SMILES string of the molecule is CCN(C)CCOCCNc1c(C)c(=O)c1=O. The Hall–Kier alpha value is -1.20. The molecule has 5 heteroatoms. The molecule has 0 aliphatic rings. The Bertz CT molecular complexity index is 421. The van der Waals surface area contributed by atoms with Crippen LogP contribution >= 0.6 is 0 Å². The molecule has 1 rings (SSSR count). The van der Waals surface area contributed by atoms with Crippen LogP contribution in [-0.4, -0.2) is 44.8 Å². The molecular weight excluding hydrogens is 220 g/mol. The van der Waals surface area contributed by atoms with Crippen LogP contribution in [0.5, 0.6) is 0 Å². The van der Waals surface area contributed by atoms with E-state index in [0.717, 1.165) is 13.1 Å². The lowest BCUT2D eigenvalue weighted by molar-refractivity contribution is 0.121. The van der Waals surface area contributed by atoms with Crippen molar-refractivity contribution < 1.29 is 4.74 Å². The van der Waals surface area contributed by atoms with Crippen molar-refractivity contribution in [2.75, 3.05) is 45.2 Å². The first-order valence-corrected chi connectivity index (χ1v) is 5.88. The van der Waals surface area contributed by atoms with Gasteiger partial charge in [-0.1, -0.05) is 6.92 Å².